The van der Waals surface area contributed by atoms with Gasteiger partial charge in [0.2, 0.25) is 0 Å². The maximum absolute atomic E-state index is 13.5. The molecule has 2 heterocycles. The first-order valence-electron chi connectivity index (χ1n) is 8.95. The predicted octanol–water partition coefficient (Wildman–Crippen LogP) is 3.96. The SMILES string of the molecule is CCc1nc2c(OC)cccn2c1C(=O)N(Cc1ccccc1)C(C)C. The molecule has 0 radical (unpaired) electrons. The van der Waals surface area contributed by atoms with Crippen molar-refractivity contribution in [2.24, 2.45) is 0 Å². The third-order valence-corrected chi connectivity index (χ3v) is 4.52. The zero-order valence-electron chi connectivity index (χ0n) is 15.8. The Balaban J connectivity index is 2.07. The average molecular weight is 351 g/mol. The van der Waals surface area contributed by atoms with Gasteiger partial charge in [-0.3, -0.25) is 9.20 Å². The van der Waals surface area contributed by atoms with Crippen LogP contribution in [0.15, 0.2) is 48.7 Å². The van der Waals surface area contributed by atoms with E-state index in [0.29, 0.717) is 30.1 Å². The molecule has 2 aromatic heterocycles. The molecule has 26 heavy (non-hydrogen) atoms. The third kappa shape index (κ3) is 3.29. The Morgan fingerprint density at radius 1 is 1.19 bits per heavy atom. The molecule has 5 nitrogen and oxygen atoms in total. The number of imidazole rings is 1. The number of carbonyl (C=O) groups is 1. The Morgan fingerprint density at radius 3 is 2.54 bits per heavy atom. The van der Waals surface area contributed by atoms with Crippen LogP contribution in [0.2, 0.25) is 0 Å². The Morgan fingerprint density at radius 2 is 1.92 bits per heavy atom. The average Bonchev–Trinajstić information content (AvgIpc) is 3.04. The van der Waals surface area contributed by atoms with E-state index in [1.54, 1.807) is 7.11 Å². The number of hydrogen-bond donors (Lipinski definition) is 0. The number of aromatic nitrogens is 2. The third-order valence-electron chi connectivity index (χ3n) is 4.52. The van der Waals surface area contributed by atoms with Gasteiger partial charge in [-0.15, -0.1) is 0 Å². The molecule has 0 saturated heterocycles. The highest BCUT2D eigenvalue weighted by molar-refractivity contribution is 5.95. The van der Waals surface area contributed by atoms with E-state index in [1.807, 2.05) is 78.7 Å². The van der Waals surface area contributed by atoms with Crippen molar-refractivity contribution in [2.75, 3.05) is 7.11 Å². The van der Waals surface area contributed by atoms with E-state index in [0.717, 1.165) is 11.3 Å². The van der Waals surface area contributed by atoms with Crippen LogP contribution in [-0.2, 0) is 13.0 Å². The zero-order chi connectivity index (χ0) is 18.7. The highest BCUT2D eigenvalue weighted by Crippen LogP contribution is 2.24. The lowest BCUT2D eigenvalue weighted by Crippen LogP contribution is -2.37. The number of rotatable bonds is 6. The van der Waals surface area contributed by atoms with E-state index >= 15 is 0 Å². The van der Waals surface area contributed by atoms with Crippen LogP contribution in [0, 0.1) is 0 Å². The number of pyridine rings is 1. The molecule has 1 amide bonds. The van der Waals surface area contributed by atoms with Crippen LogP contribution in [0.4, 0.5) is 0 Å². The Kier molecular flexibility index (Phi) is 5.26. The van der Waals surface area contributed by atoms with E-state index in [1.165, 1.54) is 0 Å². The van der Waals surface area contributed by atoms with Gasteiger partial charge < -0.3 is 9.64 Å². The second kappa shape index (κ2) is 7.60. The van der Waals surface area contributed by atoms with E-state index in [9.17, 15) is 4.79 Å². The molecule has 0 N–H and O–H groups in total. The predicted molar refractivity (Wildman–Crippen MR) is 103 cm³/mol. The number of benzene rings is 1. The van der Waals surface area contributed by atoms with E-state index in [4.69, 9.17) is 4.74 Å². The van der Waals surface area contributed by atoms with Crippen LogP contribution in [-0.4, -0.2) is 33.3 Å². The summed E-state index contributed by atoms with van der Waals surface area (Å²) in [6.07, 6.45) is 2.56. The first-order valence-corrected chi connectivity index (χ1v) is 8.95. The first-order chi connectivity index (χ1) is 12.6. The van der Waals surface area contributed by atoms with Crippen LogP contribution >= 0.6 is 0 Å². The molecule has 136 valence electrons. The topological polar surface area (TPSA) is 46.8 Å². The molecule has 5 heteroatoms. The molecule has 3 rings (SSSR count). The minimum absolute atomic E-state index is 0.0125. The van der Waals surface area contributed by atoms with Crippen molar-refractivity contribution in [1.82, 2.24) is 14.3 Å². The number of amides is 1. The van der Waals surface area contributed by atoms with Gasteiger partial charge in [-0.25, -0.2) is 4.98 Å². The van der Waals surface area contributed by atoms with Gasteiger partial charge in [-0.05, 0) is 38.0 Å². The van der Waals surface area contributed by atoms with Gasteiger partial charge in [-0.1, -0.05) is 37.3 Å². The number of aryl methyl sites for hydroxylation is 1. The quantitative estimate of drug-likeness (QED) is 0.675. The summed E-state index contributed by atoms with van der Waals surface area (Å²) >= 11 is 0. The van der Waals surface area contributed by atoms with Crippen molar-refractivity contribution in [3.8, 4) is 5.75 Å². The summed E-state index contributed by atoms with van der Waals surface area (Å²) in [4.78, 5) is 20.0. The van der Waals surface area contributed by atoms with Gasteiger partial charge in [0.15, 0.2) is 11.4 Å². The summed E-state index contributed by atoms with van der Waals surface area (Å²) < 4.78 is 7.26. The molecule has 0 aliphatic rings. The second-order valence-electron chi connectivity index (χ2n) is 6.54. The molecular formula is C21H25N3O2. The zero-order valence-corrected chi connectivity index (χ0v) is 15.8. The molecule has 0 atom stereocenters. The highest BCUT2D eigenvalue weighted by Gasteiger charge is 2.26. The van der Waals surface area contributed by atoms with Gasteiger partial charge in [0, 0.05) is 18.8 Å². The van der Waals surface area contributed by atoms with Crippen LogP contribution in [0.5, 0.6) is 5.75 Å². The first kappa shape index (κ1) is 18.0. The van der Waals surface area contributed by atoms with Crippen LogP contribution < -0.4 is 4.74 Å². The lowest BCUT2D eigenvalue weighted by atomic mass is 10.1. The van der Waals surface area contributed by atoms with Crippen molar-refractivity contribution >= 4 is 11.6 Å². The Labute approximate surface area is 154 Å². The normalized spacial score (nSPS) is 11.1. The van der Waals surface area contributed by atoms with Crippen molar-refractivity contribution in [2.45, 2.75) is 39.8 Å². The molecule has 0 fully saturated rings. The van der Waals surface area contributed by atoms with Crippen molar-refractivity contribution in [1.29, 1.82) is 0 Å². The fourth-order valence-electron chi connectivity index (χ4n) is 3.13. The maximum Gasteiger partial charge on any atom is 0.273 e. The number of methoxy groups -OCH3 is 1. The summed E-state index contributed by atoms with van der Waals surface area (Å²) in [5, 5.41) is 0. The smallest absolute Gasteiger partial charge is 0.273 e. The molecule has 0 bridgehead atoms. The van der Waals surface area contributed by atoms with E-state index in [2.05, 4.69) is 4.98 Å². The van der Waals surface area contributed by atoms with Crippen molar-refractivity contribution in [3.63, 3.8) is 0 Å². The highest BCUT2D eigenvalue weighted by atomic mass is 16.5. The summed E-state index contributed by atoms with van der Waals surface area (Å²) in [6.45, 7) is 6.66. The number of nitrogens with zero attached hydrogens (tertiary/aromatic N) is 3. The van der Waals surface area contributed by atoms with E-state index < -0.39 is 0 Å². The molecule has 1 aromatic carbocycles. The number of carbonyl (C=O) groups excluding carboxylic acids is 1. The number of ether oxygens (including phenoxy) is 1. The summed E-state index contributed by atoms with van der Waals surface area (Å²) in [6, 6.07) is 13.9. The van der Waals surface area contributed by atoms with Gasteiger partial charge in [0.1, 0.15) is 5.69 Å². The number of fused-ring (bicyclic) bond motifs is 1. The fourth-order valence-corrected chi connectivity index (χ4v) is 3.13. The Hall–Kier alpha value is -2.82. The minimum Gasteiger partial charge on any atom is -0.493 e. The standard InChI is InChI=1S/C21H25N3O2/c1-5-17-19(23-13-9-12-18(26-4)20(23)22-17)21(25)24(15(2)3)14-16-10-7-6-8-11-16/h6-13,15H,5,14H2,1-4H3. The Bertz CT molecular complexity index is 900. The second-order valence-corrected chi connectivity index (χ2v) is 6.54. The minimum atomic E-state index is -0.0125. The van der Waals surface area contributed by atoms with E-state index in [-0.39, 0.29) is 11.9 Å². The summed E-state index contributed by atoms with van der Waals surface area (Å²) in [7, 11) is 1.62. The van der Waals surface area contributed by atoms with Gasteiger partial charge >= 0.3 is 0 Å². The molecule has 0 spiro atoms. The maximum atomic E-state index is 13.5. The van der Waals surface area contributed by atoms with Gasteiger partial charge in [0.05, 0.1) is 12.8 Å². The van der Waals surface area contributed by atoms with Crippen molar-refractivity contribution in [3.05, 3.63) is 65.6 Å². The van der Waals surface area contributed by atoms with Crippen LogP contribution in [0.1, 0.15) is 42.5 Å². The van der Waals surface area contributed by atoms with Crippen LogP contribution in [0.3, 0.4) is 0 Å². The number of hydrogen-bond acceptors (Lipinski definition) is 3. The van der Waals surface area contributed by atoms with Gasteiger partial charge in [0.25, 0.3) is 5.91 Å². The molecular weight excluding hydrogens is 326 g/mol. The monoisotopic (exact) mass is 351 g/mol. The molecule has 0 aliphatic carbocycles. The fraction of sp³-hybridized carbons (Fsp3) is 0.333. The summed E-state index contributed by atoms with van der Waals surface area (Å²) in [5.74, 6) is 0.655. The molecule has 0 aliphatic heterocycles. The van der Waals surface area contributed by atoms with Gasteiger partial charge in [-0.2, -0.15) is 0 Å². The molecule has 0 saturated carbocycles. The molecule has 3 aromatic rings. The van der Waals surface area contributed by atoms with Crippen molar-refractivity contribution < 1.29 is 9.53 Å². The lowest BCUT2D eigenvalue weighted by molar-refractivity contribution is 0.0682. The van der Waals surface area contributed by atoms with Crippen LogP contribution in [0.25, 0.3) is 5.65 Å². The molecule has 0 unspecified atom stereocenters. The largest absolute Gasteiger partial charge is 0.493 e. The lowest BCUT2D eigenvalue weighted by Gasteiger charge is -2.27. The summed E-state index contributed by atoms with van der Waals surface area (Å²) in [5.41, 5.74) is 3.20.